The standard InChI is InChI=1S/C46H30/c1-2-16-33(17-3-1)45-40-22-8-10-24-42(40)46(43-25-11-9-23-41(43)45)34-28-29-39(37-26-12-18-31-14-4-6-20-35(31)37)44(30-34)38-27-13-19-32-15-5-7-21-36(32)38/h1-30H. The van der Waals surface area contributed by atoms with Crippen LogP contribution in [0, 0.1) is 0 Å². The summed E-state index contributed by atoms with van der Waals surface area (Å²) in [7, 11) is 0. The highest BCUT2D eigenvalue weighted by Crippen LogP contribution is 2.46. The minimum Gasteiger partial charge on any atom is -0.0622 e. The largest absolute Gasteiger partial charge is 0.0622 e. The van der Waals surface area contributed by atoms with Gasteiger partial charge in [0.25, 0.3) is 0 Å². The molecule has 0 saturated heterocycles. The molecule has 0 atom stereocenters. The number of rotatable bonds is 4. The zero-order valence-corrected chi connectivity index (χ0v) is 25.3. The monoisotopic (exact) mass is 582 g/mol. The van der Waals surface area contributed by atoms with E-state index in [2.05, 4.69) is 182 Å². The van der Waals surface area contributed by atoms with Gasteiger partial charge in [0.2, 0.25) is 0 Å². The van der Waals surface area contributed by atoms with Crippen LogP contribution in [0.25, 0.3) is 87.6 Å². The Morgan fingerprint density at radius 3 is 1.17 bits per heavy atom. The van der Waals surface area contributed by atoms with Crippen LogP contribution in [-0.4, -0.2) is 0 Å². The molecule has 0 radical (unpaired) electrons. The molecule has 0 spiro atoms. The Morgan fingerprint density at radius 2 is 0.630 bits per heavy atom. The van der Waals surface area contributed by atoms with Crippen molar-refractivity contribution in [3.63, 3.8) is 0 Å². The second kappa shape index (κ2) is 10.9. The molecule has 9 aromatic rings. The minimum absolute atomic E-state index is 1.22. The van der Waals surface area contributed by atoms with Gasteiger partial charge in [-0.2, -0.15) is 0 Å². The van der Waals surface area contributed by atoms with Crippen LogP contribution >= 0.6 is 0 Å². The summed E-state index contributed by atoms with van der Waals surface area (Å²) in [5, 5.41) is 10.1. The molecule has 0 fully saturated rings. The lowest BCUT2D eigenvalue weighted by molar-refractivity contribution is 1.61. The third-order valence-electron chi connectivity index (χ3n) is 9.46. The number of fused-ring (bicyclic) bond motifs is 4. The van der Waals surface area contributed by atoms with Gasteiger partial charge >= 0.3 is 0 Å². The smallest absolute Gasteiger partial charge is 0.00261 e. The predicted molar refractivity (Wildman–Crippen MR) is 198 cm³/mol. The Labute approximate surface area is 268 Å². The Bertz CT molecular complexity index is 2500. The molecule has 0 bridgehead atoms. The quantitative estimate of drug-likeness (QED) is 0.181. The molecule has 46 heavy (non-hydrogen) atoms. The van der Waals surface area contributed by atoms with Gasteiger partial charge < -0.3 is 0 Å². The van der Waals surface area contributed by atoms with Gasteiger partial charge in [0, 0.05) is 0 Å². The third-order valence-corrected chi connectivity index (χ3v) is 9.46. The molecule has 214 valence electrons. The molecular weight excluding hydrogens is 553 g/mol. The summed E-state index contributed by atoms with van der Waals surface area (Å²) in [6.07, 6.45) is 0. The van der Waals surface area contributed by atoms with Crippen molar-refractivity contribution in [2.45, 2.75) is 0 Å². The van der Waals surface area contributed by atoms with Crippen LogP contribution in [0.4, 0.5) is 0 Å². The normalized spacial score (nSPS) is 11.5. The SMILES string of the molecule is c1ccc(-c2c3ccccc3c(-c3ccc(-c4cccc5ccccc45)c(-c4cccc5ccccc45)c3)c3ccccc23)cc1. The fourth-order valence-electron chi connectivity index (χ4n) is 7.43. The van der Waals surface area contributed by atoms with Gasteiger partial charge in [-0.25, -0.2) is 0 Å². The summed E-state index contributed by atoms with van der Waals surface area (Å²) >= 11 is 0. The molecule has 0 aliphatic heterocycles. The molecule has 0 nitrogen and oxygen atoms in total. The van der Waals surface area contributed by atoms with E-state index >= 15 is 0 Å². The molecule has 0 heteroatoms. The first-order valence-corrected chi connectivity index (χ1v) is 15.9. The van der Waals surface area contributed by atoms with Gasteiger partial charge in [0.1, 0.15) is 0 Å². The van der Waals surface area contributed by atoms with E-state index in [0.717, 1.165) is 0 Å². The average molecular weight is 583 g/mol. The molecule has 0 unspecified atom stereocenters. The van der Waals surface area contributed by atoms with E-state index in [-0.39, 0.29) is 0 Å². The maximum Gasteiger partial charge on any atom is -0.00261 e. The molecule has 9 aromatic carbocycles. The van der Waals surface area contributed by atoms with Gasteiger partial charge in [-0.1, -0.05) is 176 Å². The summed E-state index contributed by atoms with van der Waals surface area (Å²) in [5.41, 5.74) is 10.0. The van der Waals surface area contributed by atoms with E-state index < -0.39 is 0 Å². The number of hydrogen-bond donors (Lipinski definition) is 0. The van der Waals surface area contributed by atoms with Gasteiger partial charge in [0.05, 0.1) is 0 Å². The molecule has 0 aliphatic carbocycles. The van der Waals surface area contributed by atoms with Crippen LogP contribution in [0.5, 0.6) is 0 Å². The van der Waals surface area contributed by atoms with E-state index in [4.69, 9.17) is 0 Å². The van der Waals surface area contributed by atoms with E-state index in [9.17, 15) is 0 Å². The van der Waals surface area contributed by atoms with Crippen molar-refractivity contribution >= 4 is 43.1 Å². The van der Waals surface area contributed by atoms with Crippen LogP contribution in [0.2, 0.25) is 0 Å². The number of hydrogen-bond acceptors (Lipinski definition) is 0. The number of benzene rings is 9. The van der Waals surface area contributed by atoms with E-state index in [1.54, 1.807) is 0 Å². The lowest BCUT2D eigenvalue weighted by Crippen LogP contribution is -1.93. The van der Waals surface area contributed by atoms with Gasteiger partial charge in [-0.3, -0.25) is 0 Å². The molecule has 0 saturated carbocycles. The fourth-order valence-corrected chi connectivity index (χ4v) is 7.43. The lowest BCUT2D eigenvalue weighted by atomic mass is 9.83. The van der Waals surface area contributed by atoms with Crippen LogP contribution in [0.3, 0.4) is 0 Å². The summed E-state index contributed by atoms with van der Waals surface area (Å²) < 4.78 is 0. The van der Waals surface area contributed by atoms with E-state index in [0.29, 0.717) is 0 Å². The van der Waals surface area contributed by atoms with Crippen molar-refractivity contribution in [1.29, 1.82) is 0 Å². The minimum atomic E-state index is 1.22. The molecule has 0 N–H and O–H groups in total. The third kappa shape index (κ3) is 4.23. The van der Waals surface area contributed by atoms with Crippen LogP contribution < -0.4 is 0 Å². The van der Waals surface area contributed by atoms with Crippen molar-refractivity contribution in [2.24, 2.45) is 0 Å². The summed E-state index contributed by atoms with van der Waals surface area (Å²) in [6, 6.07) is 66.6. The molecule has 0 amide bonds. The molecule has 9 rings (SSSR count). The molecule has 0 aromatic heterocycles. The summed E-state index contributed by atoms with van der Waals surface area (Å²) in [5.74, 6) is 0. The Balaban J connectivity index is 1.40. The predicted octanol–water partition coefficient (Wildman–Crippen LogP) is 13.0. The lowest BCUT2D eigenvalue weighted by Gasteiger charge is -2.20. The maximum absolute atomic E-state index is 2.44. The highest BCUT2D eigenvalue weighted by Gasteiger charge is 2.19. The van der Waals surface area contributed by atoms with E-state index in [1.807, 2.05) is 0 Å². The van der Waals surface area contributed by atoms with Crippen molar-refractivity contribution in [3.8, 4) is 44.5 Å². The van der Waals surface area contributed by atoms with Crippen LogP contribution in [0.1, 0.15) is 0 Å². The fraction of sp³-hybridized carbons (Fsp3) is 0. The molecule has 0 heterocycles. The first-order chi connectivity index (χ1) is 22.8. The van der Waals surface area contributed by atoms with Gasteiger partial charge in [-0.15, -0.1) is 0 Å². The molecular formula is C46H30. The first kappa shape index (κ1) is 26.4. The van der Waals surface area contributed by atoms with E-state index in [1.165, 1.54) is 87.6 Å². The first-order valence-electron chi connectivity index (χ1n) is 15.9. The van der Waals surface area contributed by atoms with Crippen molar-refractivity contribution < 1.29 is 0 Å². The van der Waals surface area contributed by atoms with Crippen molar-refractivity contribution in [2.75, 3.05) is 0 Å². The maximum atomic E-state index is 2.44. The second-order valence-electron chi connectivity index (χ2n) is 12.0. The average Bonchev–Trinajstić information content (AvgIpc) is 3.13. The van der Waals surface area contributed by atoms with Crippen LogP contribution in [-0.2, 0) is 0 Å². The topological polar surface area (TPSA) is 0 Å². The highest BCUT2D eigenvalue weighted by atomic mass is 14.2. The molecule has 0 aliphatic rings. The Hall–Kier alpha value is -5.98. The second-order valence-corrected chi connectivity index (χ2v) is 12.0. The summed E-state index contributed by atoms with van der Waals surface area (Å²) in [4.78, 5) is 0. The zero-order chi connectivity index (χ0) is 30.5. The Kier molecular flexibility index (Phi) is 6.25. The van der Waals surface area contributed by atoms with Crippen molar-refractivity contribution in [1.82, 2.24) is 0 Å². The van der Waals surface area contributed by atoms with Crippen LogP contribution in [0.15, 0.2) is 182 Å². The highest BCUT2D eigenvalue weighted by molar-refractivity contribution is 6.22. The Morgan fingerprint density at radius 1 is 0.217 bits per heavy atom. The summed E-state index contributed by atoms with van der Waals surface area (Å²) in [6.45, 7) is 0. The van der Waals surface area contributed by atoms with Crippen molar-refractivity contribution in [3.05, 3.63) is 182 Å². The zero-order valence-electron chi connectivity index (χ0n) is 25.3. The van der Waals surface area contributed by atoms with Gasteiger partial charge in [0.15, 0.2) is 0 Å². The van der Waals surface area contributed by atoms with Gasteiger partial charge in [-0.05, 0) is 93.7 Å².